The number of aliphatic hydroxyl groups is 2. The highest BCUT2D eigenvalue weighted by molar-refractivity contribution is 7.98. The summed E-state index contributed by atoms with van der Waals surface area (Å²) in [4.78, 5) is 24.6. The molecule has 0 aromatic carbocycles. The number of thioether (sulfide) groups is 1. The summed E-state index contributed by atoms with van der Waals surface area (Å²) in [5, 5.41) is 19.7. The fraction of sp³-hybridized carbons (Fsp3) is 0.600. The number of rotatable bonds is 3. The van der Waals surface area contributed by atoms with E-state index in [1.165, 1.54) is 18.0 Å². The molecule has 0 aliphatic carbocycles. The van der Waals surface area contributed by atoms with E-state index in [1.807, 2.05) is 6.26 Å². The lowest BCUT2D eigenvalue weighted by Crippen LogP contribution is -2.37. The van der Waals surface area contributed by atoms with Gasteiger partial charge in [-0.25, -0.2) is 4.79 Å². The van der Waals surface area contributed by atoms with E-state index in [0.29, 0.717) is 5.75 Å². The first-order valence-electron chi connectivity index (χ1n) is 5.36. The van der Waals surface area contributed by atoms with E-state index in [1.54, 1.807) is 0 Å². The molecule has 18 heavy (non-hydrogen) atoms. The minimum Gasteiger partial charge on any atom is -0.387 e. The quantitative estimate of drug-likeness (QED) is 0.621. The number of aliphatic hydroxyl groups excluding tert-OH is 2. The second-order valence-corrected chi connectivity index (χ2v) is 4.93. The Hall–Kier alpha value is -1.09. The van der Waals surface area contributed by atoms with Crippen molar-refractivity contribution in [3.8, 4) is 0 Å². The van der Waals surface area contributed by atoms with Crippen molar-refractivity contribution < 1.29 is 14.9 Å². The molecule has 1 fully saturated rings. The summed E-state index contributed by atoms with van der Waals surface area (Å²) in [6.45, 7) is 0. The van der Waals surface area contributed by atoms with E-state index in [4.69, 9.17) is 4.74 Å². The average Bonchev–Trinajstić information content (AvgIpc) is 2.58. The molecular formula is C10H14N2O5S. The molecule has 1 aliphatic heterocycles. The minimum absolute atomic E-state index is 0.507. The Balaban J connectivity index is 2.29. The summed E-state index contributed by atoms with van der Waals surface area (Å²) in [5.41, 5.74) is -1.20. The van der Waals surface area contributed by atoms with E-state index < -0.39 is 35.8 Å². The zero-order valence-corrected chi connectivity index (χ0v) is 10.5. The Bertz CT molecular complexity index is 527. The molecule has 0 saturated carbocycles. The summed E-state index contributed by atoms with van der Waals surface area (Å²) >= 11 is 1.47. The lowest BCUT2D eigenvalue weighted by Gasteiger charge is -2.16. The van der Waals surface area contributed by atoms with Crippen LogP contribution in [0.3, 0.4) is 0 Å². The molecule has 2 heterocycles. The van der Waals surface area contributed by atoms with Crippen molar-refractivity contribution in [1.82, 2.24) is 9.55 Å². The lowest BCUT2D eigenvalue weighted by atomic mass is 10.1. The van der Waals surface area contributed by atoms with Gasteiger partial charge in [0.05, 0.1) is 6.10 Å². The summed E-state index contributed by atoms with van der Waals surface area (Å²) in [6, 6.07) is 1.16. The monoisotopic (exact) mass is 274 g/mol. The van der Waals surface area contributed by atoms with Gasteiger partial charge < -0.3 is 14.9 Å². The number of nitrogens with one attached hydrogen (secondary N) is 1. The first kappa shape index (κ1) is 13.3. The van der Waals surface area contributed by atoms with Crippen molar-refractivity contribution >= 4 is 11.8 Å². The smallest absolute Gasteiger partial charge is 0.330 e. The maximum atomic E-state index is 11.6. The van der Waals surface area contributed by atoms with Gasteiger partial charge in [-0.05, 0) is 6.26 Å². The molecule has 7 nitrogen and oxygen atoms in total. The van der Waals surface area contributed by atoms with E-state index in [0.717, 1.165) is 10.6 Å². The Morgan fingerprint density at radius 2 is 2.17 bits per heavy atom. The number of nitrogens with zero attached hydrogens (tertiary/aromatic N) is 1. The third kappa shape index (κ3) is 2.37. The number of ether oxygens (including phenoxy) is 1. The Labute approximate surface area is 106 Å². The van der Waals surface area contributed by atoms with Crippen LogP contribution < -0.4 is 11.2 Å². The van der Waals surface area contributed by atoms with Crippen LogP contribution in [-0.2, 0) is 4.74 Å². The van der Waals surface area contributed by atoms with Gasteiger partial charge in [0.25, 0.3) is 5.56 Å². The summed E-state index contributed by atoms with van der Waals surface area (Å²) < 4.78 is 6.52. The number of aromatic nitrogens is 2. The van der Waals surface area contributed by atoms with Crippen LogP contribution in [0.1, 0.15) is 6.23 Å². The molecule has 0 spiro atoms. The topological polar surface area (TPSA) is 105 Å². The van der Waals surface area contributed by atoms with Gasteiger partial charge in [-0.15, -0.1) is 0 Å². The number of aromatic amines is 1. The standard InChI is InChI=1S/C10H14N2O5S/c1-18-4-5-7(14)8(15)9(17-5)12-3-2-6(13)11-10(12)16/h2-3,5,7-9,14-15H,4H2,1H3,(H,11,13,16)/t5-,7-,8-,9-/m1/s1. The highest BCUT2D eigenvalue weighted by Crippen LogP contribution is 2.29. The maximum absolute atomic E-state index is 11.6. The van der Waals surface area contributed by atoms with Gasteiger partial charge in [-0.1, -0.05) is 0 Å². The Morgan fingerprint density at radius 3 is 2.78 bits per heavy atom. The molecule has 0 unspecified atom stereocenters. The predicted molar refractivity (Wildman–Crippen MR) is 65.6 cm³/mol. The normalized spacial score (nSPS) is 31.7. The van der Waals surface area contributed by atoms with E-state index in [2.05, 4.69) is 4.98 Å². The molecule has 0 radical (unpaired) electrons. The van der Waals surface area contributed by atoms with Crippen LogP contribution in [0.25, 0.3) is 0 Å². The highest BCUT2D eigenvalue weighted by atomic mass is 32.2. The third-order valence-corrected chi connectivity index (χ3v) is 3.46. The van der Waals surface area contributed by atoms with Gasteiger partial charge in [0, 0.05) is 18.0 Å². The van der Waals surface area contributed by atoms with Crippen molar-refractivity contribution in [1.29, 1.82) is 0 Å². The largest absolute Gasteiger partial charge is 0.387 e. The molecule has 100 valence electrons. The van der Waals surface area contributed by atoms with Gasteiger partial charge >= 0.3 is 5.69 Å². The number of hydrogen-bond donors (Lipinski definition) is 3. The van der Waals surface area contributed by atoms with Gasteiger partial charge in [0.15, 0.2) is 6.23 Å². The number of H-pyrrole nitrogens is 1. The van der Waals surface area contributed by atoms with E-state index in [-0.39, 0.29) is 0 Å². The zero-order chi connectivity index (χ0) is 13.3. The highest BCUT2D eigenvalue weighted by Gasteiger charge is 2.43. The first-order chi connectivity index (χ1) is 8.54. The molecule has 8 heteroatoms. The summed E-state index contributed by atoms with van der Waals surface area (Å²) in [7, 11) is 0. The Morgan fingerprint density at radius 1 is 1.44 bits per heavy atom. The van der Waals surface area contributed by atoms with Crippen molar-refractivity contribution in [2.45, 2.75) is 24.5 Å². The maximum Gasteiger partial charge on any atom is 0.330 e. The van der Waals surface area contributed by atoms with E-state index >= 15 is 0 Å². The molecule has 2 rings (SSSR count). The molecule has 4 atom stereocenters. The van der Waals surface area contributed by atoms with Crippen LogP contribution in [0.4, 0.5) is 0 Å². The van der Waals surface area contributed by atoms with Crippen LogP contribution in [0, 0.1) is 0 Å². The molecule has 0 amide bonds. The van der Waals surface area contributed by atoms with Crippen molar-refractivity contribution in [2.24, 2.45) is 0 Å². The SMILES string of the molecule is CSC[C@H]1O[C@@H](n2ccc(=O)[nH]c2=O)[C@H](O)[C@@H]1O. The zero-order valence-electron chi connectivity index (χ0n) is 9.65. The molecule has 3 N–H and O–H groups in total. The van der Waals surface area contributed by atoms with Crippen molar-refractivity contribution in [3.63, 3.8) is 0 Å². The minimum atomic E-state index is -1.20. The Kier molecular flexibility index (Phi) is 3.91. The second-order valence-electron chi connectivity index (χ2n) is 4.02. The average molecular weight is 274 g/mol. The molecule has 1 aromatic heterocycles. The first-order valence-corrected chi connectivity index (χ1v) is 6.76. The second kappa shape index (κ2) is 5.27. The van der Waals surface area contributed by atoms with Crippen LogP contribution in [0.15, 0.2) is 21.9 Å². The van der Waals surface area contributed by atoms with Gasteiger partial charge in [0.2, 0.25) is 0 Å². The van der Waals surface area contributed by atoms with Crippen molar-refractivity contribution in [3.05, 3.63) is 33.1 Å². The van der Waals surface area contributed by atoms with Crippen LogP contribution in [-0.4, -0.2) is 50.1 Å². The van der Waals surface area contributed by atoms with Crippen LogP contribution in [0.5, 0.6) is 0 Å². The molecule has 1 aliphatic rings. The molecule has 1 aromatic rings. The number of hydrogen-bond acceptors (Lipinski definition) is 6. The van der Waals surface area contributed by atoms with Crippen LogP contribution in [0.2, 0.25) is 0 Å². The van der Waals surface area contributed by atoms with Gasteiger partial charge in [0.1, 0.15) is 12.2 Å². The van der Waals surface area contributed by atoms with Crippen molar-refractivity contribution in [2.75, 3.05) is 12.0 Å². The van der Waals surface area contributed by atoms with Gasteiger partial charge in [-0.3, -0.25) is 14.3 Å². The molecule has 1 saturated heterocycles. The van der Waals surface area contributed by atoms with E-state index in [9.17, 15) is 19.8 Å². The fourth-order valence-electron chi connectivity index (χ4n) is 1.89. The third-order valence-electron chi connectivity index (χ3n) is 2.79. The van der Waals surface area contributed by atoms with Crippen LogP contribution >= 0.6 is 11.8 Å². The molecule has 0 bridgehead atoms. The fourth-order valence-corrected chi connectivity index (χ4v) is 2.49. The van der Waals surface area contributed by atoms with Gasteiger partial charge in [-0.2, -0.15) is 11.8 Å². The lowest BCUT2D eigenvalue weighted by molar-refractivity contribution is -0.0340. The predicted octanol–water partition coefficient (Wildman–Crippen LogP) is -1.48. The summed E-state index contributed by atoms with van der Waals surface area (Å²) in [5.74, 6) is 0.507. The summed E-state index contributed by atoms with van der Waals surface area (Å²) in [6.07, 6.45) is -0.696. The molecular weight excluding hydrogens is 260 g/mol.